The van der Waals surface area contributed by atoms with Gasteiger partial charge < -0.3 is 19.9 Å². The third kappa shape index (κ3) is 10.3. The van der Waals surface area contributed by atoms with Crippen LogP contribution in [0.4, 0.5) is 0 Å². The van der Waals surface area contributed by atoms with Crippen LogP contribution < -0.4 is 5.73 Å². The SMILES string of the molecule is COCCOCCOCCS(=O)(=O)CCN. The molecule has 0 fully saturated rings. The van der Waals surface area contributed by atoms with E-state index >= 15 is 0 Å². The summed E-state index contributed by atoms with van der Waals surface area (Å²) in [5.74, 6) is 0.0307. The summed E-state index contributed by atoms with van der Waals surface area (Å²) in [6, 6.07) is 0. The zero-order valence-corrected chi connectivity index (χ0v) is 10.5. The Balaban J connectivity index is 3.27. The number of nitrogens with two attached hydrogens (primary N) is 1. The first-order valence-corrected chi connectivity index (χ1v) is 6.99. The molecule has 0 saturated heterocycles. The third-order valence-corrected chi connectivity index (χ3v) is 3.42. The Labute approximate surface area is 97.0 Å². The molecule has 0 bridgehead atoms. The van der Waals surface area contributed by atoms with Gasteiger partial charge in [-0.2, -0.15) is 0 Å². The fourth-order valence-electron chi connectivity index (χ4n) is 0.932. The molecule has 0 aromatic rings. The summed E-state index contributed by atoms with van der Waals surface area (Å²) in [6.07, 6.45) is 0. The molecule has 0 heterocycles. The minimum Gasteiger partial charge on any atom is -0.382 e. The number of rotatable bonds is 11. The molecule has 0 atom stereocenters. The largest absolute Gasteiger partial charge is 0.382 e. The van der Waals surface area contributed by atoms with Gasteiger partial charge in [-0.1, -0.05) is 0 Å². The van der Waals surface area contributed by atoms with Crippen LogP contribution in [0.5, 0.6) is 0 Å². The van der Waals surface area contributed by atoms with Crippen molar-refractivity contribution in [1.29, 1.82) is 0 Å². The van der Waals surface area contributed by atoms with E-state index in [-0.39, 0.29) is 24.7 Å². The molecular formula is C9H21NO5S. The zero-order chi connectivity index (χ0) is 12.3. The van der Waals surface area contributed by atoms with E-state index in [1.54, 1.807) is 7.11 Å². The van der Waals surface area contributed by atoms with E-state index in [2.05, 4.69) is 0 Å². The number of ether oxygens (including phenoxy) is 3. The van der Waals surface area contributed by atoms with Crippen LogP contribution in [0.15, 0.2) is 0 Å². The first-order chi connectivity index (χ1) is 7.62. The summed E-state index contributed by atoms with van der Waals surface area (Å²) >= 11 is 0. The summed E-state index contributed by atoms with van der Waals surface area (Å²) in [6.45, 7) is 2.25. The van der Waals surface area contributed by atoms with Crippen LogP contribution in [-0.2, 0) is 24.0 Å². The van der Waals surface area contributed by atoms with Crippen LogP contribution in [0.25, 0.3) is 0 Å². The van der Waals surface area contributed by atoms with Crippen LogP contribution in [0.2, 0.25) is 0 Å². The van der Waals surface area contributed by atoms with Crippen molar-refractivity contribution >= 4 is 9.84 Å². The molecule has 0 unspecified atom stereocenters. The van der Waals surface area contributed by atoms with E-state index in [0.717, 1.165) is 0 Å². The predicted molar refractivity (Wildman–Crippen MR) is 61.2 cm³/mol. The van der Waals surface area contributed by atoms with Gasteiger partial charge in [0.25, 0.3) is 0 Å². The van der Waals surface area contributed by atoms with Gasteiger partial charge >= 0.3 is 0 Å². The molecule has 0 aliphatic heterocycles. The smallest absolute Gasteiger partial charge is 0.153 e. The van der Waals surface area contributed by atoms with Gasteiger partial charge in [-0.15, -0.1) is 0 Å². The molecule has 0 spiro atoms. The molecule has 0 radical (unpaired) electrons. The second-order valence-electron chi connectivity index (χ2n) is 3.16. The Morgan fingerprint density at radius 1 is 0.938 bits per heavy atom. The van der Waals surface area contributed by atoms with Crippen molar-refractivity contribution in [3.8, 4) is 0 Å². The van der Waals surface area contributed by atoms with Gasteiger partial charge in [0.1, 0.15) is 0 Å². The molecule has 0 amide bonds. The summed E-state index contributed by atoms with van der Waals surface area (Å²) < 4.78 is 37.4. The maximum absolute atomic E-state index is 11.2. The van der Waals surface area contributed by atoms with E-state index in [4.69, 9.17) is 19.9 Å². The monoisotopic (exact) mass is 255 g/mol. The summed E-state index contributed by atoms with van der Waals surface area (Å²) in [4.78, 5) is 0. The normalized spacial score (nSPS) is 11.9. The molecule has 98 valence electrons. The Bertz CT molecular complexity index is 242. The lowest BCUT2D eigenvalue weighted by molar-refractivity contribution is 0.0284. The molecule has 0 aliphatic rings. The maximum Gasteiger partial charge on any atom is 0.153 e. The van der Waals surface area contributed by atoms with Gasteiger partial charge in [-0.25, -0.2) is 8.42 Å². The summed E-state index contributed by atoms with van der Waals surface area (Å²) in [5, 5.41) is 0. The van der Waals surface area contributed by atoms with Crippen LogP contribution >= 0.6 is 0 Å². The highest BCUT2D eigenvalue weighted by molar-refractivity contribution is 7.91. The molecule has 7 heteroatoms. The molecule has 16 heavy (non-hydrogen) atoms. The predicted octanol–water partition coefficient (Wildman–Crippen LogP) is -0.960. The Hall–Kier alpha value is -0.210. The average Bonchev–Trinajstić information content (AvgIpc) is 2.22. The van der Waals surface area contributed by atoms with Crippen LogP contribution in [0, 0.1) is 0 Å². The van der Waals surface area contributed by atoms with Gasteiger partial charge in [-0.05, 0) is 0 Å². The van der Waals surface area contributed by atoms with Crippen molar-refractivity contribution in [3.05, 3.63) is 0 Å². The average molecular weight is 255 g/mol. The zero-order valence-electron chi connectivity index (χ0n) is 9.68. The van der Waals surface area contributed by atoms with Crippen molar-refractivity contribution in [1.82, 2.24) is 0 Å². The lowest BCUT2D eigenvalue weighted by Gasteiger charge is -2.05. The van der Waals surface area contributed by atoms with Crippen molar-refractivity contribution in [2.75, 3.05) is 58.2 Å². The maximum atomic E-state index is 11.2. The number of methoxy groups -OCH3 is 1. The highest BCUT2D eigenvalue weighted by Gasteiger charge is 2.08. The van der Waals surface area contributed by atoms with Gasteiger partial charge in [0.2, 0.25) is 0 Å². The quantitative estimate of drug-likeness (QED) is 0.478. The molecule has 0 aliphatic carbocycles. The van der Waals surface area contributed by atoms with E-state index in [1.807, 2.05) is 0 Å². The van der Waals surface area contributed by atoms with Crippen LogP contribution in [0.3, 0.4) is 0 Å². The number of sulfone groups is 1. The fourth-order valence-corrected chi connectivity index (χ4v) is 1.87. The van der Waals surface area contributed by atoms with Crippen molar-refractivity contribution in [2.45, 2.75) is 0 Å². The molecule has 0 rings (SSSR count). The van der Waals surface area contributed by atoms with E-state index in [0.29, 0.717) is 26.4 Å². The lowest BCUT2D eigenvalue weighted by Crippen LogP contribution is -2.21. The Kier molecular flexibility index (Phi) is 9.85. The molecule has 0 aromatic heterocycles. The van der Waals surface area contributed by atoms with Crippen molar-refractivity contribution in [3.63, 3.8) is 0 Å². The van der Waals surface area contributed by atoms with E-state index in [1.165, 1.54) is 0 Å². The van der Waals surface area contributed by atoms with Crippen LogP contribution in [-0.4, -0.2) is 66.6 Å². The Morgan fingerprint density at radius 3 is 2.06 bits per heavy atom. The standard InChI is InChI=1S/C9H21NO5S/c1-13-3-4-14-5-6-15-7-9-16(11,12)8-2-10/h2-10H2,1H3. The molecule has 2 N–H and O–H groups in total. The highest BCUT2D eigenvalue weighted by Crippen LogP contribution is 1.89. The fraction of sp³-hybridized carbons (Fsp3) is 1.00. The third-order valence-electron chi connectivity index (χ3n) is 1.77. The minimum absolute atomic E-state index is 0.0146. The summed E-state index contributed by atoms with van der Waals surface area (Å²) in [5.41, 5.74) is 5.16. The minimum atomic E-state index is -3.04. The van der Waals surface area contributed by atoms with Crippen molar-refractivity contribution < 1.29 is 22.6 Å². The molecule has 0 saturated carbocycles. The first-order valence-electron chi connectivity index (χ1n) is 5.17. The number of hydrogen-bond acceptors (Lipinski definition) is 6. The lowest BCUT2D eigenvalue weighted by atomic mass is 10.7. The first kappa shape index (κ1) is 15.8. The number of hydrogen-bond donors (Lipinski definition) is 1. The van der Waals surface area contributed by atoms with Gasteiger partial charge in [-0.3, -0.25) is 0 Å². The molecule has 0 aromatic carbocycles. The van der Waals surface area contributed by atoms with E-state index < -0.39 is 9.84 Å². The van der Waals surface area contributed by atoms with E-state index in [9.17, 15) is 8.42 Å². The van der Waals surface area contributed by atoms with Crippen LogP contribution in [0.1, 0.15) is 0 Å². The van der Waals surface area contributed by atoms with Gasteiger partial charge in [0, 0.05) is 13.7 Å². The van der Waals surface area contributed by atoms with Crippen molar-refractivity contribution in [2.24, 2.45) is 5.73 Å². The van der Waals surface area contributed by atoms with Gasteiger partial charge in [0.15, 0.2) is 9.84 Å². The second-order valence-corrected chi connectivity index (χ2v) is 5.46. The Morgan fingerprint density at radius 2 is 1.50 bits per heavy atom. The topological polar surface area (TPSA) is 87.9 Å². The molecular weight excluding hydrogens is 234 g/mol. The molecule has 6 nitrogen and oxygen atoms in total. The van der Waals surface area contributed by atoms with Gasteiger partial charge in [0.05, 0.1) is 44.5 Å². The highest BCUT2D eigenvalue weighted by atomic mass is 32.2. The second kappa shape index (κ2) is 9.98. The summed E-state index contributed by atoms with van der Waals surface area (Å²) in [7, 11) is -1.44.